The van der Waals surface area contributed by atoms with Crippen molar-refractivity contribution in [2.45, 2.75) is 46.6 Å². The number of likely N-dealkylation sites (tertiary alicyclic amines) is 1. The lowest BCUT2D eigenvalue weighted by atomic mass is 9.93. The molecule has 2 rings (SSSR count). The summed E-state index contributed by atoms with van der Waals surface area (Å²) in [6.45, 7) is 10.3. The van der Waals surface area contributed by atoms with Gasteiger partial charge in [0.2, 0.25) is 0 Å². The van der Waals surface area contributed by atoms with Crippen LogP contribution in [-0.2, 0) is 7.05 Å². The Kier molecular flexibility index (Phi) is 4.14. The Labute approximate surface area is 116 Å². The number of ketones is 1. The number of piperidine rings is 1. The fourth-order valence-electron chi connectivity index (χ4n) is 3.10. The van der Waals surface area contributed by atoms with Crippen molar-refractivity contribution in [2.24, 2.45) is 13.0 Å². The van der Waals surface area contributed by atoms with E-state index in [4.69, 9.17) is 0 Å². The highest BCUT2D eigenvalue weighted by atomic mass is 16.1. The van der Waals surface area contributed by atoms with E-state index in [-0.39, 0.29) is 5.78 Å². The van der Waals surface area contributed by atoms with Gasteiger partial charge in [-0.3, -0.25) is 9.69 Å². The van der Waals surface area contributed by atoms with Gasteiger partial charge in [0, 0.05) is 30.0 Å². The minimum absolute atomic E-state index is 0.266. The summed E-state index contributed by atoms with van der Waals surface area (Å²) in [5, 5.41) is 0. The minimum atomic E-state index is 0.266. The zero-order chi connectivity index (χ0) is 14.2. The van der Waals surface area contributed by atoms with Crippen LogP contribution in [0, 0.1) is 19.8 Å². The number of hydrogen-bond acceptors (Lipinski definition) is 2. The molecule has 1 aliphatic heterocycles. The summed E-state index contributed by atoms with van der Waals surface area (Å²) in [5.74, 6) is 1.06. The minimum Gasteiger partial charge on any atom is -0.351 e. The molecule has 0 aliphatic carbocycles. The van der Waals surface area contributed by atoms with Crippen LogP contribution in [-0.4, -0.2) is 34.4 Å². The molecule has 106 valence electrons. The van der Waals surface area contributed by atoms with Crippen molar-refractivity contribution in [1.29, 1.82) is 0 Å². The first kappa shape index (κ1) is 14.3. The highest BCUT2D eigenvalue weighted by molar-refractivity contribution is 5.99. The van der Waals surface area contributed by atoms with Crippen molar-refractivity contribution in [2.75, 3.05) is 13.1 Å². The first-order valence-electron chi connectivity index (χ1n) is 7.30. The third-order valence-electron chi connectivity index (χ3n) is 4.70. The van der Waals surface area contributed by atoms with E-state index in [1.165, 1.54) is 12.8 Å². The van der Waals surface area contributed by atoms with Gasteiger partial charge < -0.3 is 4.57 Å². The van der Waals surface area contributed by atoms with Gasteiger partial charge in [-0.1, -0.05) is 6.92 Å². The standard InChI is InChI=1S/C16H26N2O/c1-11-6-7-18(13(3)8-11)10-16(19)15-9-12(2)17(5)14(15)4/h9,11,13H,6-8,10H2,1-5H3. The summed E-state index contributed by atoms with van der Waals surface area (Å²) >= 11 is 0. The SMILES string of the molecule is Cc1cc(C(=O)CN2CCC(C)CC2C)c(C)n1C. The van der Waals surface area contributed by atoms with Gasteiger partial charge in [0.25, 0.3) is 0 Å². The first-order valence-corrected chi connectivity index (χ1v) is 7.30. The molecule has 0 spiro atoms. The van der Waals surface area contributed by atoms with Crippen LogP contribution in [0.25, 0.3) is 0 Å². The fraction of sp³-hybridized carbons (Fsp3) is 0.688. The first-order chi connectivity index (χ1) is 8.90. The average Bonchev–Trinajstić information content (AvgIpc) is 2.60. The number of rotatable bonds is 3. The second-order valence-corrected chi connectivity index (χ2v) is 6.22. The van der Waals surface area contributed by atoms with Crippen LogP contribution in [0.5, 0.6) is 0 Å². The number of carbonyl (C=O) groups excluding carboxylic acids is 1. The molecular formula is C16H26N2O. The summed E-state index contributed by atoms with van der Waals surface area (Å²) in [6.07, 6.45) is 2.42. The predicted molar refractivity (Wildman–Crippen MR) is 78.7 cm³/mol. The topological polar surface area (TPSA) is 25.2 Å². The molecule has 2 atom stereocenters. The Morgan fingerprint density at radius 2 is 2.05 bits per heavy atom. The number of Topliss-reactive ketones (excluding diaryl/α,β-unsaturated/α-hetero) is 1. The van der Waals surface area contributed by atoms with E-state index in [1.807, 2.05) is 20.0 Å². The Hall–Kier alpha value is -1.09. The van der Waals surface area contributed by atoms with Gasteiger partial charge in [0.15, 0.2) is 5.78 Å². The third-order valence-corrected chi connectivity index (χ3v) is 4.70. The van der Waals surface area contributed by atoms with E-state index in [2.05, 4.69) is 30.2 Å². The molecule has 0 aromatic carbocycles. The van der Waals surface area contributed by atoms with Crippen LogP contribution < -0.4 is 0 Å². The average molecular weight is 262 g/mol. The largest absolute Gasteiger partial charge is 0.351 e. The monoisotopic (exact) mass is 262 g/mol. The molecule has 0 amide bonds. The van der Waals surface area contributed by atoms with E-state index in [0.29, 0.717) is 12.6 Å². The number of hydrogen-bond donors (Lipinski definition) is 0. The molecule has 0 saturated carbocycles. The maximum atomic E-state index is 12.5. The summed E-state index contributed by atoms with van der Waals surface area (Å²) in [7, 11) is 2.02. The summed E-state index contributed by atoms with van der Waals surface area (Å²) in [5.41, 5.74) is 3.13. The Balaban J connectivity index is 2.07. The van der Waals surface area contributed by atoms with Crippen LogP contribution in [0.1, 0.15) is 48.4 Å². The summed E-state index contributed by atoms with van der Waals surface area (Å²) in [6, 6.07) is 2.55. The number of aryl methyl sites for hydroxylation is 1. The lowest BCUT2D eigenvalue weighted by molar-refractivity contribution is 0.0815. The van der Waals surface area contributed by atoms with Crippen LogP contribution >= 0.6 is 0 Å². The summed E-state index contributed by atoms with van der Waals surface area (Å²) in [4.78, 5) is 14.8. The highest BCUT2D eigenvalue weighted by Gasteiger charge is 2.25. The van der Waals surface area contributed by atoms with E-state index in [0.717, 1.165) is 29.4 Å². The second kappa shape index (κ2) is 5.49. The predicted octanol–water partition coefficient (Wildman–Crippen LogP) is 2.95. The lowest BCUT2D eigenvalue weighted by Crippen LogP contribution is -2.43. The van der Waals surface area contributed by atoms with Crippen molar-refractivity contribution in [1.82, 2.24) is 9.47 Å². The molecule has 1 aliphatic rings. The molecule has 19 heavy (non-hydrogen) atoms. The Morgan fingerprint density at radius 1 is 1.37 bits per heavy atom. The lowest BCUT2D eigenvalue weighted by Gasteiger charge is -2.35. The van der Waals surface area contributed by atoms with Gasteiger partial charge in [0.05, 0.1) is 6.54 Å². The number of nitrogens with zero attached hydrogens (tertiary/aromatic N) is 2. The second-order valence-electron chi connectivity index (χ2n) is 6.22. The fourth-order valence-corrected chi connectivity index (χ4v) is 3.10. The van der Waals surface area contributed by atoms with Crippen LogP contribution in [0.3, 0.4) is 0 Å². The molecule has 3 nitrogen and oxygen atoms in total. The van der Waals surface area contributed by atoms with Gasteiger partial charge in [-0.2, -0.15) is 0 Å². The van der Waals surface area contributed by atoms with E-state index in [9.17, 15) is 4.79 Å². The molecule has 0 N–H and O–H groups in total. The zero-order valence-corrected chi connectivity index (χ0v) is 12.9. The molecule has 1 fully saturated rings. The molecule has 0 bridgehead atoms. The Bertz CT molecular complexity index is 475. The van der Waals surface area contributed by atoms with Crippen molar-refractivity contribution in [3.05, 3.63) is 23.0 Å². The smallest absolute Gasteiger partial charge is 0.178 e. The maximum Gasteiger partial charge on any atom is 0.178 e. The van der Waals surface area contributed by atoms with Crippen molar-refractivity contribution >= 4 is 5.78 Å². The third kappa shape index (κ3) is 2.92. The van der Waals surface area contributed by atoms with Gasteiger partial charge in [-0.25, -0.2) is 0 Å². The van der Waals surface area contributed by atoms with Crippen LogP contribution in [0.15, 0.2) is 6.07 Å². The molecule has 1 saturated heterocycles. The normalized spacial score (nSPS) is 24.7. The van der Waals surface area contributed by atoms with Gasteiger partial charge in [-0.05, 0) is 52.1 Å². The van der Waals surface area contributed by atoms with Crippen LogP contribution in [0.4, 0.5) is 0 Å². The highest BCUT2D eigenvalue weighted by Crippen LogP contribution is 2.23. The molecule has 0 radical (unpaired) electrons. The maximum absolute atomic E-state index is 12.5. The number of carbonyl (C=O) groups is 1. The van der Waals surface area contributed by atoms with E-state index < -0.39 is 0 Å². The van der Waals surface area contributed by atoms with E-state index in [1.54, 1.807) is 0 Å². The number of aromatic nitrogens is 1. The molecule has 3 heteroatoms. The molecule has 1 aromatic rings. The molecule has 1 aromatic heterocycles. The van der Waals surface area contributed by atoms with Crippen molar-refractivity contribution < 1.29 is 4.79 Å². The van der Waals surface area contributed by atoms with E-state index >= 15 is 0 Å². The van der Waals surface area contributed by atoms with Gasteiger partial charge >= 0.3 is 0 Å². The summed E-state index contributed by atoms with van der Waals surface area (Å²) < 4.78 is 2.09. The van der Waals surface area contributed by atoms with Crippen molar-refractivity contribution in [3.63, 3.8) is 0 Å². The van der Waals surface area contributed by atoms with Gasteiger partial charge in [-0.15, -0.1) is 0 Å². The Morgan fingerprint density at radius 3 is 2.58 bits per heavy atom. The molecule has 2 heterocycles. The molecule has 2 unspecified atom stereocenters. The van der Waals surface area contributed by atoms with Crippen molar-refractivity contribution in [3.8, 4) is 0 Å². The molecular weight excluding hydrogens is 236 g/mol. The quantitative estimate of drug-likeness (QED) is 0.783. The zero-order valence-electron chi connectivity index (χ0n) is 12.9. The van der Waals surface area contributed by atoms with Crippen LogP contribution in [0.2, 0.25) is 0 Å². The van der Waals surface area contributed by atoms with Gasteiger partial charge in [0.1, 0.15) is 0 Å².